The first kappa shape index (κ1) is 12.9. The van der Waals surface area contributed by atoms with Crippen LogP contribution in [0.3, 0.4) is 0 Å². The number of anilines is 1. The fourth-order valence-corrected chi connectivity index (χ4v) is 2.00. The van der Waals surface area contributed by atoms with Crippen LogP contribution < -0.4 is 10.6 Å². The zero-order valence-corrected chi connectivity index (χ0v) is 10.9. The molecule has 0 saturated heterocycles. The van der Waals surface area contributed by atoms with Crippen LogP contribution in [-0.4, -0.2) is 24.0 Å². The Hall–Kier alpha value is -1.58. The second kappa shape index (κ2) is 6.38. The van der Waals surface area contributed by atoms with Gasteiger partial charge in [0.15, 0.2) is 0 Å². The van der Waals surface area contributed by atoms with E-state index in [0.717, 1.165) is 43.7 Å². The van der Waals surface area contributed by atoms with E-state index in [1.165, 1.54) is 6.42 Å². The van der Waals surface area contributed by atoms with Crippen LogP contribution in [0.1, 0.15) is 31.4 Å². The SMILES string of the molecule is Cc1cc(NCCCNC(=O)C2CCC2)ccn1. The van der Waals surface area contributed by atoms with Crippen LogP contribution in [0.2, 0.25) is 0 Å². The number of hydrogen-bond acceptors (Lipinski definition) is 3. The predicted molar refractivity (Wildman–Crippen MR) is 72.4 cm³/mol. The van der Waals surface area contributed by atoms with E-state index in [2.05, 4.69) is 15.6 Å². The van der Waals surface area contributed by atoms with Crippen molar-refractivity contribution in [2.24, 2.45) is 5.92 Å². The number of nitrogens with zero attached hydrogens (tertiary/aromatic N) is 1. The highest BCUT2D eigenvalue weighted by molar-refractivity contribution is 5.79. The van der Waals surface area contributed by atoms with Gasteiger partial charge in [0.05, 0.1) is 0 Å². The number of aromatic nitrogens is 1. The molecule has 0 bridgehead atoms. The maximum atomic E-state index is 11.6. The number of aryl methyl sites for hydroxylation is 1. The normalized spacial score (nSPS) is 14.9. The van der Waals surface area contributed by atoms with Crippen molar-refractivity contribution in [1.82, 2.24) is 10.3 Å². The van der Waals surface area contributed by atoms with E-state index in [1.54, 1.807) is 6.20 Å². The lowest BCUT2D eigenvalue weighted by atomic mass is 9.85. The van der Waals surface area contributed by atoms with Gasteiger partial charge in [0, 0.05) is 36.6 Å². The molecule has 1 aliphatic rings. The van der Waals surface area contributed by atoms with Crippen molar-refractivity contribution in [1.29, 1.82) is 0 Å². The fourth-order valence-electron chi connectivity index (χ4n) is 2.00. The molecule has 1 saturated carbocycles. The Morgan fingerprint density at radius 2 is 2.28 bits per heavy atom. The number of carbonyl (C=O) groups is 1. The number of rotatable bonds is 6. The number of pyridine rings is 1. The summed E-state index contributed by atoms with van der Waals surface area (Å²) in [6.07, 6.45) is 6.09. The Morgan fingerprint density at radius 1 is 1.44 bits per heavy atom. The Morgan fingerprint density at radius 3 is 2.94 bits per heavy atom. The van der Waals surface area contributed by atoms with Crippen molar-refractivity contribution in [2.75, 3.05) is 18.4 Å². The Kier molecular flexibility index (Phi) is 4.56. The van der Waals surface area contributed by atoms with Crippen molar-refractivity contribution in [2.45, 2.75) is 32.6 Å². The largest absolute Gasteiger partial charge is 0.385 e. The van der Waals surface area contributed by atoms with E-state index in [4.69, 9.17) is 0 Å². The monoisotopic (exact) mass is 247 g/mol. The summed E-state index contributed by atoms with van der Waals surface area (Å²) in [5.74, 6) is 0.529. The summed E-state index contributed by atoms with van der Waals surface area (Å²) in [7, 11) is 0. The molecule has 4 nitrogen and oxygen atoms in total. The zero-order chi connectivity index (χ0) is 12.8. The molecule has 2 rings (SSSR count). The first-order valence-electron chi connectivity index (χ1n) is 6.70. The molecule has 98 valence electrons. The van der Waals surface area contributed by atoms with Crippen LogP contribution >= 0.6 is 0 Å². The number of amides is 1. The summed E-state index contributed by atoms with van der Waals surface area (Å²) >= 11 is 0. The summed E-state index contributed by atoms with van der Waals surface area (Å²) in [5, 5.41) is 6.32. The van der Waals surface area contributed by atoms with E-state index < -0.39 is 0 Å². The van der Waals surface area contributed by atoms with Gasteiger partial charge < -0.3 is 10.6 Å². The van der Waals surface area contributed by atoms with Crippen molar-refractivity contribution in [3.8, 4) is 0 Å². The highest BCUT2D eigenvalue weighted by Crippen LogP contribution is 2.25. The molecule has 1 aliphatic carbocycles. The minimum absolute atomic E-state index is 0.237. The first-order chi connectivity index (χ1) is 8.75. The summed E-state index contributed by atoms with van der Waals surface area (Å²) < 4.78 is 0. The molecule has 0 radical (unpaired) electrons. The number of nitrogens with one attached hydrogen (secondary N) is 2. The van der Waals surface area contributed by atoms with E-state index in [-0.39, 0.29) is 5.91 Å². The molecule has 0 aromatic carbocycles. The van der Waals surface area contributed by atoms with Crippen LogP contribution in [0.25, 0.3) is 0 Å². The topological polar surface area (TPSA) is 54.0 Å². The predicted octanol–water partition coefficient (Wildman–Crippen LogP) is 2.11. The van der Waals surface area contributed by atoms with E-state index in [1.807, 2.05) is 19.1 Å². The van der Waals surface area contributed by atoms with E-state index >= 15 is 0 Å². The Labute approximate surface area is 108 Å². The lowest BCUT2D eigenvalue weighted by Crippen LogP contribution is -2.35. The van der Waals surface area contributed by atoms with Gasteiger partial charge >= 0.3 is 0 Å². The molecule has 0 aliphatic heterocycles. The van der Waals surface area contributed by atoms with Gasteiger partial charge in [-0.05, 0) is 38.3 Å². The summed E-state index contributed by atoms with van der Waals surface area (Å²) in [6.45, 7) is 3.60. The smallest absolute Gasteiger partial charge is 0.223 e. The maximum absolute atomic E-state index is 11.6. The molecular weight excluding hydrogens is 226 g/mol. The van der Waals surface area contributed by atoms with Crippen molar-refractivity contribution in [3.05, 3.63) is 24.0 Å². The minimum Gasteiger partial charge on any atom is -0.385 e. The van der Waals surface area contributed by atoms with Gasteiger partial charge in [-0.25, -0.2) is 0 Å². The average molecular weight is 247 g/mol. The highest BCUT2D eigenvalue weighted by Gasteiger charge is 2.24. The van der Waals surface area contributed by atoms with E-state index in [9.17, 15) is 4.79 Å². The van der Waals surface area contributed by atoms with Crippen LogP contribution in [0.15, 0.2) is 18.3 Å². The lowest BCUT2D eigenvalue weighted by molar-refractivity contribution is -0.127. The molecule has 4 heteroatoms. The maximum Gasteiger partial charge on any atom is 0.223 e. The molecule has 1 aromatic heterocycles. The average Bonchev–Trinajstić information content (AvgIpc) is 2.26. The fraction of sp³-hybridized carbons (Fsp3) is 0.571. The zero-order valence-electron chi connectivity index (χ0n) is 10.9. The third-order valence-electron chi connectivity index (χ3n) is 3.35. The van der Waals surface area contributed by atoms with Crippen LogP contribution in [-0.2, 0) is 4.79 Å². The third-order valence-corrected chi connectivity index (χ3v) is 3.35. The highest BCUT2D eigenvalue weighted by atomic mass is 16.1. The standard InChI is InChI=1S/C14H21N3O/c1-11-10-13(6-9-15-11)16-7-3-8-17-14(18)12-4-2-5-12/h6,9-10,12H,2-5,7-8H2,1H3,(H,15,16)(H,17,18). The minimum atomic E-state index is 0.237. The molecular formula is C14H21N3O. The van der Waals surface area contributed by atoms with Crippen LogP contribution in [0.5, 0.6) is 0 Å². The van der Waals surface area contributed by atoms with Gasteiger partial charge in [-0.2, -0.15) is 0 Å². The molecule has 2 N–H and O–H groups in total. The summed E-state index contributed by atoms with van der Waals surface area (Å²) in [4.78, 5) is 15.7. The Bertz CT molecular complexity index is 402. The number of carbonyl (C=O) groups excluding carboxylic acids is 1. The molecule has 1 fully saturated rings. The van der Waals surface area contributed by atoms with Crippen molar-refractivity contribution >= 4 is 11.6 Å². The van der Waals surface area contributed by atoms with Crippen molar-refractivity contribution < 1.29 is 4.79 Å². The molecule has 1 amide bonds. The van der Waals surface area contributed by atoms with Crippen LogP contribution in [0, 0.1) is 12.8 Å². The van der Waals surface area contributed by atoms with Crippen LogP contribution in [0.4, 0.5) is 5.69 Å². The van der Waals surface area contributed by atoms with Gasteiger partial charge in [-0.3, -0.25) is 9.78 Å². The second-order valence-corrected chi connectivity index (χ2v) is 4.89. The van der Waals surface area contributed by atoms with Crippen molar-refractivity contribution in [3.63, 3.8) is 0 Å². The first-order valence-corrected chi connectivity index (χ1v) is 6.70. The molecule has 18 heavy (non-hydrogen) atoms. The van der Waals surface area contributed by atoms with Gasteiger partial charge in [-0.15, -0.1) is 0 Å². The van der Waals surface area contributed by atoms with Gasteiger partial charge in [-0.1, -0.05) is 6.42 Å². The Balaban J connectivity index is 1.57. The molecule has 0 spiro atoms. The molecule has 1 heterocycles. The number of hydrogen-bond donors (Lipinski definition) is 2. The van der Waals surface area contributed by atoms with Gasteiger partial charge in [0.1, 0.15) is 0 Å². The lowest BCUT2D eigenvalue weighted by Gasteiger charge is -2.24. The summed E-state index contributed by atoms with van der Waals surface area (Å²) in [6, 6.07) is 3.98. The third kappa shape index (κ3) is 3.72. The van der Waals surface area contributed by atoms with Gasteiger partial charge in [0.2, 0.25) is 5.91 Å². The molecule has 0 unspecified atom stereocenters. The van der Waals surface area contributed by atoms with Gasteiger partial charge in [0.25, 0.3) is 0 Å². The quantitative estimate of drug-likeness (QED) is 0.757. The van der Waals surface area contributed by atoms with E-state index in [0.29, 0.717) is 5.92 Å². The summed E-state index contributed by atoms with van der Waals surface area (Å²) in [5.41, 5.74) is 2.10. The second-order valence-electron chi connectivity index (χ2n) is 4.89. The molecule has 1 aromatic rings. The molecule has 0 atom stereocenters.